The maximum atomic E-state index is 13.2. The number of alkyl carbamates (subject to hydrolysis) is 1. The van der Waals surface area contributed by atoms with Crippen molar-refractivity contribution in [1.82, 2.24) is 10.2 Å². The second-order valence-electron chi connectivity index (χ2n) is 8.11. The fraction of sp³-hybridized carbons (Fsp3) is 0.346. The number of benzene rings is 2. The molecule has 1 fully saturated rings. The summed E-state index contributed by atoms with van der Waals surface area (Å²) in [5, 5.41) is 12.1. The van der Waals surface area contributed by atoms with Crippen LogP contribution in [0.4, 0.5) is 4.79 Å². The Morgan fingerprint density at radius 3 is 2.41 bits per heavy atom. The lowest BCUT2D eigenvalue weighted by molar-refractivity contribution is -0.150. The third-order valence-corrected chi connectivity index (χ3v) is 7.14. The number of carboxylic acid groups (broad SMARTS) is 1. The number of hydrogen-bond donors (Lipinski definition) is 2. The van der Waals surface area contributed by atoms with Crippen molar-refractivity contribution >= 4 is 29.7 Å². The summed E-state index contributed by atoms with van der Waals surface area (Å²) in [4.78, 5) is 38.8. The minimum atomic E-state index is -1.05. The minimum absolute atomic E-state index is 0.0789. The molecular weight excluding hydrogens is 452 g/mol. The van der Waals surface area contributed by atoms with Crippen LogP contribution < -0.4 is 5.32 Å². The van der Waals surface area contributed by atoms with E-state index in [4.69, 9.17) is 4.74 Å². The van der Waals surface area contributed by atoms with Gasteiger partial charge in [0, 0.05) is 30.4 Å². The number of fused-ring (bicyclic) bond motifs is 3. The number of thioether (sulfide) groups is 1. The molecule has 1 saturated heterocycles. The van der Waals surface area contributed by atoms with Gasteiger partial charge >= 0.3 is 12.1 Å². The number of amides is 2. The van der Waals surface area contributed by atoms with E-state index in [1.54, 1.807) is 6.92 Å². The second kappa shape index (κ2) is 10.7. The predicted octanol–water partition coefficient (Wildman–Crippen LogP) is 3.34. The molecule has 0 saturated carbocycles. The molecule has 2 aliphatic rings. The molecule has 2 N–H and O–H groups in total. The fourth-order valence-corrected chi connectivity index (χ4v) is 5.50. The number of hydrogen-bond acceptors (Lipinski definition) is 5. The molecule has 1 aliphatic carbocycles. The maximum absolute atomic E-state index is 13.2. The molecule has 1 heterocycles. The molecule has 2 unspecified atom stereocenters. The zero-order valence-corrected chi connectivity index (χ0v) is 19.6. The summed E-state index contributed by atoms with van der Waals surface area (Å²) in [5.74, 6) is 4.91. The van der Waals surface area contributed by atoms with Gasteiger partial charge in [-0.05, 0) is 29.2 Å². The summed E-state index contributed by atoms with van der Waals surface area (Å²) in [6, 6.07) is 14.2. The summed E-state index contributed by atoms with van der Waals surface area (Å²) < 4.78 is 5.57. The number of ether oxygens (including phenoxy) is 1. The molecule has 2 aromatic rings. The Morgan fingerprint density at radius 1 is 1.15 bits per heavy atom. The van der Waals surface area contributed by atoms with E-state index in [0.29, 0.717) is 18.1 Å². The lowest BCUT2D eigenvalue weighted by atomic mass is 9.98. The molecule has 0 bridgehead atoms. The first kappa shape index (κ1) is 23.7. The Bertz CT molecular complexity index is 1110. The highest BCUT2D eigenvalue weighted by molar-refractivity contribution is 7.99. The molecule has 0 spiro atoms. The minimum Gasteiger partial charge on any atom is -0.480 e. The number of nitrogens with one attached hydrogen (secondary N) is 1. The smallest absolute Gasteiger partial charge is 0.407 e. The largest absolute Gasteiger partial charge is 0.480 e. The summed E-state index contributed by atoms with van der Waals surface area (Å²) >= 11 is 1.49. The van der Waals surface area contributed by atoms with Crippen LogP contribution in [0, 0.1) is 11.8 Å². The first-order valence-corrected chi connectivity index (χ1v) is 12.3. The van der Waals surface area contributed by atoms with Gasteiger partial charge in [0.05, 0.1) is 0 Å². The summed E-state index contributed by atoms with van der Waals surface area (Å²) in [5.41, 5.74) is 4.44. The quantitative estimate of drug-likeness (QED) is 0.619. The van der Waals surface area contributed by atoms with Crippen LogP contribution in [0.3, 0.4) is 0 Å². The van der Waals surface area contributed by atoms with E-state index in [2.05, 4.69) is 29.3 Å². The molecule has 8 heteroatoms. The van der Waals surface area contributed by atoms with Crippen molar-refractivity contribution in [3.8, 4) is 23.0 Å². The number of aliphatic carboxylic acids is 1. The van der Waals surface area contributed by atoms with Gasteiger partial charge < -0.3 is 20.1 Å². The van der Waals surface area contributed by atoms with E-state index in [1.165, 1.54) is 16.7 Å². The average Bonchev–Trinajstić information content (AvgIpc) is 3.18. The SMILES string of the molecule is CC#CCC(NC(=O)OCC1c2ccccc2-c2ccccc21)C(=O)N1CCSCC1C(=O)O. The summed E-state index contributed by atoms with van der Waals surface area (Å²) in [6.45, 7) is 2.08. The Kier molecular flexibility index (Phi) is 7.43. The van der Waals surface area contributed by atoms with Gasteiger partial charge in [-0.1, -0.05) is 48.5 Å². The third kappa shape index (κ3) is 4.90. The molecule has 0 aromatic heterocycles. The average molecular weight is 479 g/mol. The topological polar surface area (TPSA) is 95.9 Å². The molecule has 2 atom stereocenters. The van der Waals surface area contributed by atoms with E-state index in [1.807, 2.05) is 36.4 Å². The standard InChI is InChI=1S/C26H26N2O5S/c1-2-3-12-22(24(29)28-13-14-34-16-23(28)25(30)31)27-26(32)33-15-21-19-10-6-4-8-17(19)18-9-5-7-11-20(18)21/h4-11,21-23H,12-16H2,1H3,(H,27,32)(H,30,31). The van der Waals surface area contributed by atoms with Crippen molar-refractivity contribution < 1.29 is 24.2 Å². The Morgan fingerprint density at radius 2 is 1.79 bits per heavy atom. The lowest BCUT2D eigenvalue weighted by Gasteiger charge is -2.34. The molecular formula is C26H26N2O5S. The van der Waals surface area contributed by atoms with Crippen molar-refractivity contribution in [2.75, 3.05) is 24.7 Å². The molecule has 0 radical (unpaired) electrons. The fourth-order valence-electron chi connectivity index (χ4n) is 4.46. The molecule has 7 nitrogen and oxygen atoms in total. The molecule has 2 aromatic carbocycles. The van der Waals surface area contributed by atoms with E-state index in [-0.39, 0.29) is 18.9 Å². The number of carbonyl (C=O) groups is 3. The number of rotatable bonds is 6. The Hall–Kier alpha value is -3.44. The highest BCUT2D eigenvalue weighted by atomic mass is 32.2. The van der Waals surface area contributed by atoms with Gasteiger partial charge in [0.25, 0.3) is 0 Å². The van der Waals surface area contributed by atoms with Gasteiger partial charge in [0.1, 0.15) is 18.7 Å². The summed E-state index contributed by atoms with van der Waals surface area (Å²) in [6.07, 6.45) is -0.647. The Labute approximate surface area is 202 Å². The van der Waals surface area contributed by atoms with Crippen molar-refractivity contribution in [3.05, 3.63) is 59.7 Å². The normalized spacial score (nSPS) is 17.6. The zero-order chi connectivity index (χ0) is 24.1. The molecule has 34 heavy (non-hydrogen) atoms. The van der Waals surface area contributed by atoms with Gasteiger partial charge in [-0.2, -0.15) is 11.8 Å². The van der Waals surface area contributed by atoms with Gasteiger partial charge in [-0.15, -0.1) is 11.8 Å². The van der Waals surface area contributed by atoms with E-state index in [9.17, 15) is 19.5 Å². The molecule has 1 aliphatic heterocycles. The summed E-state index contributed by atoms with van der Waals surface area (Å²) in [7, 11) is 0. The van der Waals surface area contributed by atoms with Crippen molar-refractivity contribution in [2.24, 2.45) is 0 Å². The van der Waals surface area contributed by atoms with E-state index in [0.717, 1.165) is 22.3 Å². The van der Waals surface area contributed by atoms with E-state index >= 15 is 0 Å². The zero-order valence-electron chi connectivity index (χ0n) is 18.8. The molecule has 4 rings (SSSR count). The van der Waals surface area contributed by atoms with Crippen LogP contribution in [-0.2, 0) is 14.3 Å². The Balaban J connectivity index is 1.45. The van der Waals surface area contributed by atoms with Crippen LogP contribution in [0.1, 0.15) is 30.4 Å². The van der Waals surface area contributed by atoms with Crippen LogP contribution in [0.2, 0.25) is 0 Å². The number of carboxylic acids is 1. The van der Waals surface area contributed by atoms with Gasteiger partial charge in [0.2, 0.25) is 5.91 Å². The van der Waals surface area contributed by atoms with Gasteiger partial charge in [-0.3, -0.25) is 4.79 Å². The van der Waals surface area contributed by atoms with Crippen LogP contribution in [0.15, 0.2) is 48.5 Å². The van der Waals surface area contributed by atoms with Crippen molar-refractivity contribution in [1.29, 1.82) is 0 Å². The van der Waals surface area contributed by atoms with Gasteiger partial charge in [-0.25, -0.2) is 9.59 Å². The van der Waals surface area contributed by atoms with Crippen molar-refractivity contribution in [3.63, 3.8) is 0 Å². The first-order chi connectivity index (χ1) is 16.5. The predicted molar refractivity (Wildman–Crippen MR) is 131 cm³/mol. The van der Waals surface area contributed by atoms with Crippen LogP contribution in [-0.4, -0.2) is 64.7 Å². The van der Waals surface area contributed by atoms with E-state index < -0.39 is 30.1 Å². The third-order valence-electron chi connectivity index (χ3n) is 6.11. The van der Waals surface area contributed by atoms with Crippen LogP contribution in [0.25, 0.3) is 11.1 Å². The van der Waals surface area contributed by atoms with Gasteiger partial charge in [0.15, 0.2) is 0 Å². The molecule has 2 amide bonds. The van der Waals surface area contributed by atoms with Crippen LogP contribution in [0.5, 0.6) is 0 Å². The highest BCUT2D eigenvalue weighted by Crippen LogP contribution is 2.44. The lowest BCUT2D eigenvalue weighted by Crippen LogP contribution is -2.56. The first-order valence-electron chi connectivity index (χ1n) is 11.1. The number of nitrogens with zero attached hydrogens (tertiary/aromatic N) is 1. The van der Waals surface area contributed by atoms with Crippen molar-refractivity contribution in [2.45, 2.75) is 31.3 Å². The van der Waals surface area contributed by atoms with Crippen LogP contribution >= 0.6 is 11.8 Å². The maximum Gasteiger partial charge on any atom is 0.407 e. The second-order valence-corrected chi connectivity index (χ2v) is 9.26. The molecule has 176 valence electrons. The highest BCUT2D eigenvalue weighted by Gasteiger charge is 2.36. The number of carbonyl (C=O) groups excluding carboxylic acids is 2. The monoisotopic (exact) mass is 478 g/mol.